The molecule has 6 aliphatic rings. The predicted molar refractivity (Wildman–Crippen MR) is 201 cm³/mol. The molecule has 3 unspecified atom stereocenters. The van der Waals surface area contributed by atoms with Gasteiger partial charge in [-0.15, -0.1) is 0 Å². The van der Waals surface area contributed by atoms with Gasteiger partial charge in [0.1, 0.15) is 11.6 Å². The van der Waals surface area contributed by atoms with Crippen molar-refractivity contribution in [2.45, 2.75) is 87.4 Å². The van der Waals surface area contributed by atoms with Gasteiger partial charge in [-0.3, -0.25) is 19.2 Å². The van der Waals surface area contributed by atoms with Crippen LogP contribution in [-0.4, -0.2) is 113 Å². The van der Waals surface area contributed by atoms with Crippen molar-refractivity contribution >= 4 is 23.6 Å². The molecule has 4 aliphatic heterocycles. The number of alkyl halides is 4. The maximum absolute atomic E-state index is 13.7. The van der Waals surface area contributed by atoms with E-state index in [1.54, 1.807) is 22.2 Å². The van der Waals surface area contributed by atoms with Gasteiger partial charge in [0.25, 0.3) is 11.8 Å². The summed E-state index contributed by atoms with van der Waals surface area (Å²) < 4.78 is 54.7. The fourth-order valence-electron chi connectivity index (χ4n) is 9.54. The third kappa shape index (κ3) is 6.63. The molecule has 2 saturated carbocycles. The van der Waals surface area contributed by atoms with Crippen molar-refractivity contribution in [2.24, 2.45) is 11.8 Å². The van der Waals surface area contributed by atoms with Crippen LogP contribution in [0.5, 0.6) is 0 Å². The van der Waals surface area contributed by atoms with Crippen molar-refractivity contribution in [3.05, 3.63) is 72.6 Å². The number of hydrogen-bond acceptors (Lipinski definition) is 6. The highest BCUT2D eigenvalue weighted by atomic mass is 19.3. The molecule has 0 radical (unpaired) electrons. The van der Waals surface area contributed by atoms with Gasteiger partial charge in [-0.25, -0.2) is 27.5 Å². The number of carbonyl (C=O) groups is 4. The SMILES string of the molecule is O=C(C(=O)N1C2C[C@H]2C[C@H]1c1ncc(-c2ccc(-c3ccc(-c4cnc(C5CC6C[C@@H]6N5C(=O)C(=O)N5CCC(F)(F)CC5)[nH]4)cc3)cc2)[nH]1)N1CCC(F)(F)CC1. The van der Waals surface area contributed by atoms with Crippen molar-refractivity contribution in [1.82, 2.24) is 39.5 Å². The number of halogens is 4. The average molecular weight is 799 g/mol. The number of piperidine rings is 4. The molecule has 4 amide bonds. The first-order valence-electron chi connectivity index (χ1n) is 20.1. The highest BCUT2D eigenvalue weighted by molar-refractivity contribution is 6.35. The molecule has 6 fully saturated rings. The fraction of sp³-hybridized carbons (Fsp3) is 0.476. The molecular weight excluding hydrogens is 757 g/mol. The summed E-state index contributed by atoms with van der Waals surface area (Å²) in [5.74, 6) is -6.56. The molecule has 4 aromatic rings. The number of fused-ring (bicyclic) bond motifs is 2. The second kappa shape index (κ2) is 13.5. The van der Waals surface area contributed by atoms with Gasteiger partial charge in [0, 0.05) is 63.9 Å². The van der Waals surface area contributed by atoms with E-state index in [2.05, 4.69) is 19.9 Å². The molecule has 16 heteroatoms. The molecule has 302 valence electrons. The number of amides is 4. The minimum atomic E-state index is -2.81. The first-order chi connectivity index (χ1) is 27.8. The quantitative estimate of drug-likeness (QED) is 0.189. The van der Waals surface area contributed by atoms with Gasteiger partial charge >= 0.3 is 23.6 Å². The van der Waals surface area contributed by atoms with Crippen molar-refractivity contribution < 1.29 is 36.7 Å². The van der Waals surface area contributed by atoms with E-state index >= 15 is 0 Å². The molecule has 2 N–H and O–H groups in total. The lowest BCUT2D eigenvalue weighted by Crippen LogP contribution is -2.50. The molecular formula is C42H42F4N8O4. The third-order valence-electron chi connectivity index (χ3n) is 13.2. The van der Waals surface area contributed by atoms with E-state index in [-0.39, 0.29) is 50.3 Å². The van der Waals surface area contributed by atoms with Crippen molar-refractivity contribution in [2.75, 3.05) is 26.2 Å². The topological polar surface area (TPSA) is 139 Å². The van der Waals surface area contributed by atoms with Crippen LogP contribution in [0.3, 0.4) is 0 Å². The van der Waals surface area contributed by atoms with E-state index in [1.165, 1.54) is 9.80 Å². The molecule has 6 heterocycles. The van der Waals surface area contributed by atoms with E-state index in [9.17, 15) is 36.7 Å². The second-order valence-corrected chi connectivity index (χ2v) is 16.9. The maximum atomic E-state index is 13.7. The normalized spacial score (nSPS) is 27.9. The van der Waals surface area contributed by atoms with Gasteiger partial charge < -0.3 is 29.6 Å². The Morgan fingerprint density at radius 2 is 0.862 bits per heavy atom. The Morgan fingerprint density at radius 1 is 0.517 bits per heavy atom. The van der Waals surface area contributed by atoms with Gasteiger partial charge in [0.2, 0.25) is 0 Å². The van der Waals surface area contributed by atoms with Crippen LogP contribution in [0.2, 0.25) is 0 Å². The molecule has 6 atom stereocenters. The molecule has 2 aromatic carbocycles. The largest absolute Gasteiger partial charge is 0.340 e. The first kappa shape index (κ1) is 36.8. The number of H-pyrrole nitrogens is 2. The van der Waals surface area contributed by atoms with Crippen LogP contribution < -0.4 is 0 Å². The minimum Gasteiger partial charge on any atom is -0.340 e. The number of hydrogen-bond donors (Lipinski definition) is 2. The van der Waals surface area contributed by atoms with E-state index < -0.39 is 61.2 Å². The van der Waals surface area contributed by atoms with Gasteiger partial charge in [-0.1, -0.05) is 48.5 Å². The monoisotopic (exact) mass is 798 g/mol. The lowest BCUT2D eigenvalue weighted by atomic mass is 10.0. The number of carbonyl (C=O) groups excluding carboxylic acids is 4. The molecule has 2 aliphatic carbocycles. The zero-order valence-corrected chi connectivity index (χ0v) is 31.6. The summed E-state index contributed by atoms with van der Waals surface area (Å²) in [5.41, 5.74) is 5.31. The number of aromatic nitrogens is 4. The Labute approximate surface area is 331 Å². The number of aromatic amines is 2. The van der Waals surface area contributed by atoms with Gasteiger partial charge in [0.15, 0.2) is 0 Å². The summed E-state index contributed by atoms with van der Waals surface area (Å²) >= 11 is 0. The molecule has 10 rings (SSSR count). The van der Waals surface area contributed by atoms with Crippen LogP contribution >= 0.6 is 0 Å². The van der Waals surface area contributed by atoms with E-state index in [4.69, 9.17) is 0 Å². The fourth-order valence-corrected chi connectivity index (χ4v) is 9.54. The number of likely N-dealkylation sites (tertiary alicyclic amines) is 4. The summed E-state index contributed by atoms with van der Waals surface area (Å²) in [6.45, 7) is -0.527. The molecule has 12 nitrogen and oxygen atoms in total. The summed E-state index contributed by atoms with van der Waals surface area (Å²) in [4.78, 5) is 74.7. The smallest absolute Gasteiger partial charge is 0.312 e. The van der Waals surface area contributed by atoms with Gasteiger partial charge in [-0.05, 0) is 59.8 Å². The van der Waals surface area contributed by atoms with Crippen LogP contribution in [0.15, 0.2) is 60.9 Å². The third-order valence-corrected chi connectivity index (χ3v) is 13.2. The molecule has 4 saturated heterocycles. The number of nitrogens with one attached hydrogen (secondary N) is 2. The first-order valence-corrected chi connectivity index (χ1v) is 20.1. The summed E-state index contributed by atoms with van der Waals surface area (Å²) in [5, 5.41) is 0. The molecule has 0 spiro atoms. The van der Waals surface area contributed by atoms with Crippen LogP contribution in [0.25, 0.3) is 33.6 Å². The van der Waals surface area contributed by atoms with Crippen molar-refractivity contribution in [1.29, 1.82) is 0 Å². The zero-order valence-electron chi connectivity index (χ0n) is 31.6. The highest BCUT2D eigenvalue weighted by Crippen LogP contribution is 2.54. The number of nitrogens with zero attached hydrogens (tertiary/aromatic N) is 6. The Bertz CT molecular complexity index is 2110. The number of rotatable bonds is 5. The predicted octanol–water partition coefficient (Wildman–Crippen LogP) is 5.97. The molecule has 58 heavy (non-hydrogen) atoms. The Balaban J connectivity index is 0.784. The van der Waals surface area contributed by atoms with Gasteiger partial charge in [-0.2, -0.15) is 0 Å². The van der Waals surface area contributed by atoms with Crippen LogP contribution in [0.4, 0.5) is 17.6 Å². The van der Waals surface area contributed by atoms with E-state index in [0.29, 0.717) is 36.3 Å². The second-order valence-electron chi connectivity index (χ2n) is 16.9. The Hall–Kier alpha value is -5.54. The van der Waals surface area contributed by atoms with Crippen molar-refractivity contribution in [3.8, 4) is 33.6 Å². The zero-order chi connectivity index (χ0) is 40.1. The van der Waals surface area contributed by atoms with Gasteiger partial charge in [0.05, 0.1) is 35.9 Å². The number of imidazole rings is 2. The summed E-state index contributed by atoms with van der Waals surface area (Å²) in [7, 11) is 0. The Kier molecular flexibility index (Phi) is 8.57. The highest BCUT2D eigenvalue weighted by Gasteiger charge is 2.58. The lowest BCUT2D eigenvalue weighted by Gasteiger charge is -2.33. The maximum Gasteiger partial charge on any atom is 0.312 e. The van der Waals surface area contributed by atoms with E-state index in [1.807, 2.05) is 48.5 Å². The average Bonchev–Trinajstić information content (AvgIpc) is 3.81. The van der Waals surface area contributed by atoms with Crippen LogP contribution in [0.1, 0.15) is 75.1 Å². The number of benzene rings is 2. The molecule has 2 aromatic heterocycles. The van der Waals surface area contributed by atoms with Crippen molar-refractivity contribution in [3.63, 3.8) is 0 Å². The standard InChI is InChI=1S/C42H42F4N8O4/c43-41(44)9-13-51(14-10-41)37(55)39(57)53-31-17-27(31)19-33(53)35-47-21-29(49-35)25-5-1-23(2-6-25)24-3-7-26(8-4-24)30-22-48-36(50-30)34-20-28-18-32(28)54(34)40(58)38(56)52-15-11-42(45,46)12-16-52/h1-8,21-22,27-28,31-34H,9-20H2,(H,47,49)(H,48,50)/t27-,28?,31?,32-,33-,34?/m0/s1. The molecule has 0 bridgehead atoms. The van der Waals surface area contributed by atoms with Crippen LogP contribution in [0, 0.1) is 11.8 Å². The van der Waals surface area contributed by atoms with E-state index in [0.717, 1.165) is 46.5 Å². The lowest BCUT2D eigenvalue weighted by molar-refractivity contribution is -0.156. The summed E-state index contributed by atoms with van der Waals surface area (Å²) in [6.07, 6.45) is 4.73. The Morgan fingerprint density at radius 3 is 1.22 bits per heavy atom. The summed E-state index contributed by atoms with van der Waals surface area (Å²) in [6, 6.07) is 15.1. The minimum absolute atomic E-state index is 0.0358. The van der Waals surface area contributed by atoms with Crippen LogP contribution in [-0.2, 0) is 19.2 Å².